The summed E-state index contributed by atoms with van der Waals surface area (Å²) in [5.41, 5.74) is 2.32. The van der Waals surface area contributed by atoms with E-state index in [1.165, 1.54) is 36.6 Å². The van der Waals surface area contributed by atoms with Crippen molar-refractivity contribution in [2.45, 2.75) is 45.6 Å². The number of fused-ring (bicyclic) bond motifs is 1. The lowest BCUT2D eigenvalue weighted by Crippen LogP contribution is -2.24. The normalized spacial score (nSPS) is 17.8. The van der Waals surface area contributed by atoms with Crippen LogP contribution in [0.2, 0.25) is 0 Å². The number of nitrogens with one attached hydrogen (secondary N) is 1. The lowest BCUT2D eigenvalue weighted by Gasteiger charge is -2.22. The second kappa shape index (κ2) is 5.20. The molecule has 2 aromatic rings. The van der Waals surface area contributed by atoms with Gasteiger partial charge in [-0.05, 0) is 50.3 Å². The van der Waals surface area contributed by atoms with Crippen molar-refractivity contribution in [3.63, 3.8) is 0 Å². The molecule has 1 aromatic carbocycles. The van der Waals surface area contributed by atoms with Crippen molar-refractivity contribution >= 4 is 16.7 Å². The Kier molecular flexibility index (Phi) is 3.41. The Morgan fingerprint density at radius 1 is 1.21 bits per heavy atom. The van der Waals surface area contributed by atoms with Crippen LogP contribution in [-0.2, 0) is 0 Å². The van der Waals surface area contributed by atoms with E-state index >= 15 is 0 Å². The highest BCUT2D eigenvalue weighted by Gasteiger charge is 2.22. The van der Waals surface area contributed by atoms with E-state index in [4.69, 9.17) is 4.98 Å². The van der Waals surface area contributed by atoms with E-state index in [1.54, 1.807) is 0 Å². The summed E-state index contributed by atoms with van der Waals surface area (Å²) in [6, 6.07) is 11.1. The molecular formula is C17H22N2. The molecule has 0 aliphatic heterocycles. The predicted octanol–water partition coefficient (Wildman–Crippen LogP) is 4.53. The van der Waals surface area contributed by atoms with Gasteiger partial charge in [-0.1, -0.05) is 31.0 Å². The molecule has 1 aliphatic rings. The van der Waals surface area contributed by atoms with Crippen LogP contribution in [0.5, 0.6) is 0 Å². The van der Waals surface area contributed by atoms with E-state index < -0.39 is 0 Å². The van der Waals surface area contributed by atoms with Gasteiger partial charge in [0.2, 0.25) is 0 Å². The zero-order valence-corrected chi connectivity index (χ0v) is 11.8. The van der Waals surface area contributed by atoms with Crippen molar-refractivity contribution in [2.24, 2.45) is 5.92 Å². The number of anilines is 1. The molecule has 0 spiro atoms. The molecular weight excluding hydrogens is 232 g/mol. The molecule has 2 nitrogen and oxygen atoms in total. The molecule has 1 fully saturated rings. The van der Waals surface area contributed by atoms with Gasteiger partial charge in [-0.3, -0.25) is 0 Å². The topological polar surface area (TPSA) is 24.9 Å². The second-order valence-corrected chi connectivity index (χ2v) is 5.82. The van der Waals surface area contributed by atoms with Crippen LogP contribution in [-0.4, -0.2) is 11.0 Å². The van der Waals surface area contributed by atoms with Crippen LogP contribution in [0.1, 0.15) is 38.2 Å². The Morgan fingerprint density at radius 3 is 2.74 bits per heavy atom. The SMILES string of the molecule is Cc1cc2ccccc2nc1NC(C)C1CCCC1. The molecule has 0 saturated heterocycles. The fraction of sp³-hybridized carbons (Fsp3) is 0.471. The fourth-order valence-electron chi connectivity index (χ4n) is 3.16. The molecule has 3 rings (SSSR count). The van der Waals surface area contributed by atoms with Gasteiger partial charge in [0.05, 0.1) is 5.52 Å². The minimum absolute atomic E-state index is 0.523. The quantitative estimate of drug-likeness (QED) is 0.870. The monoisotopic (exact) mass is 254 g/mol. The number of para-hydroxylation sites is 1. The van der Waals surface area contributed by atoms with Gasteiger partial charge in [-0.15, -0.1) is 0 Å². The molecule has 0 amide bonds. The molecule has 100 valence electrons. The molecule has 0 bridgehead atoms. The zero-order valence-electron chi connectivity index (χ0n) is 11.8. The van der Waals surface area contributed by atoms with Gasteiger partial charge in [0.25, 0.3) is 0 Å². The number of aromatic nitrogens is 1. The standard InChI is InChI=1S/C17H22N2/c1-12-11-15-9-5-6-10-16(15)19-17(12)18-13(2)14-7-3-4-8-14/h5-6,9-11,13-14H,3-4,7-8H2,1-2H3,(H,18,19). The van der Waals surface area contributed by atoms with Crippen LogP contribution in [0.3, 0.4) is 0 Å². The Balaban J connectivity index is 1.85. The maximum Gasteiger partial charge on any atom is 0.129 e. The summed E-state index contributed by atoms with van der Waals surface area (Å²) in [4.78, 5) is 4.78. The maximum atomic E-state index is 4.78. The fourth-order valence-corrected chi connectivity index (χ4v) is 3.16. The molecule has 1 atom stereocenters. The van der Waals surface area contributed by atoms with Crippen molar-refractivity contribution in [1.82, 2.24) is 4.98 Å². The average molecular weight is 254 g/mol. The first-order valence-corrected chi connectivity index (χ1v) is 7.37. The van der Waals surface area contributed by atoms with Gasteiger partial charge in [0.15, 0.2) is 0 Å². The summed E-state index contributed by atoms with van der Waals surface area (Å²) in [6.45, 7) is 4.44. The Hall–Kier alpha value is -1.57. The predicted molar refractivity (Wildman–Crippen MR) is 81.5 cm³/mol. The zero-order chi connectivity index (χ0) is 13.2. The summed E-state index contributed by atoms with van der Waals surface area (Å²) in [6.07, 6.45) is 5.50. The number of rotatable bonds is 3. The smallest absolute Gasteiger partial charge is 0.129 e. The lowest BCUT2D eigenvalue weighted by atomic mass is 9.99. The molecule has 2 heteroatoms. The van der Waals surface area contributed by atoms with Crippen LogP contribution in [0.4, 0.5) is 5.82 Å². The van der Waals surface area contributed by atoms with Gasteiger partial charge in [0, 0.05) is 11.4 Å². The van der Waals surface area contributed by atoms with Crippen molar-refractivity contribution in [2.75, 3.05) is 5.32 Å². The van der Waals surface area contributed by atoms with Crippen LogP contribution in [0.15, 0.2) is 30.3 Å². The van der Waals surface area contributed by atoms with E-state index in [-0.39, 0.29) is 0 Å². The van der Waals surface area contributed by atoms with Crippen LogP contribution in [0.25, 0.3) is 10.9 Å². The van der Waals surface area contributed by atoms with Crippen molar-refractivity contribution in [3.05, 3.63) is 35.9 Å². The highest BCUT2D eigenvalue weighted by Crippen LogP contribution is 2.30. The first-order valence-electron chi connectivity index (χ1n) is 7.37. The van der Waals surface area contributed by atoms with E-state index in [0.717, 1.165) is 17.3 Å². The van der Waals surface area contributed by atoms with Gasteiger partial charge < -0.3 is 5.32 Å². The number of nitrogens with zero attached hydrogens (tertiary/aromatic N) is 1. The van der Waals surface area contributed by atoms with Gasteiger partial charge in [-0.2, -0.15) is 0 Å². The first-order chi connectivity index (χ1) is 9.24. The van der Waals surface area contributed by atoms with E-state index in [9.17, 15) is 0 Å². The summed E-state index contributed by atoms with van der Waals surface area (Å²) in [7, 11) is 0. The third-order valence-electron chi connectivity index (χ3n) is 4.39. The molecule has 1 aliphatic carbocycles. The number of pyridine rings is 1. The van der Waals surface area contributed by atoms with E-state index in [2.05, 4.69) is 49.5 Å². The molecule has 1 heterocycles. The minimum Gasteiger partial charge on any atom is -0.367 e. The highest BCUT2D eigenvalue weighted by molar-refractivity contribution is 5.81. The third-order valence-corrected chi connectivity index (χ3v) is 4.39. The number of hydrogen-bond acceptors (Lipinski definition) is 2. The largest absolute Gasteiger partial charge is 0.367 e. The van der Waals surface area contributed by atoms with Crippen molar-refractivity contribution in [3.8, 4) is 0 Å². The van der Waals surface area contributed by atoms with Gasteiger partial charge in [-0.25, -0.2) is 4.98 Å². The highest BCUT2D eigenvalue weighted by atomic mass is 15.0. The molecule has 1 N–H and O–H groups in total. The van der Waals surface area contributed by atoms with Crippen LogP contribution in [0, 0.1) is 12.8 Å². The molecule has 1 saturated carbocycles. The number of hydrogen-bond donors (Lipinski definition) is 1. The Bertz CT molecular complexity index is 570. The van der Waals surface area contributed by atoms with Gasteiger partial charge in [0.1, 0.15) is 5.82 Å². The Labute approximate surface area is 115 Å². The van der Waals surface area contributed by atoms with Crippen LogP contribution < -0.4 is 5.32 Å². The number of benzene rings is 1. The summed E-state index contributed by atoms with van der Waals surface area (Å²) in [5, 5.41) is 4.85. The summed E-state index contributed by atoms with van der Waals surface area (Å²) in [5.74, 6) is 1.87. The van der Waals surface area contributed by atoms with Crippen molar-refractivity contribution in [1.29, 1.82) is 0 Å². The molecule has 1 aromatic heterocycles. The van der Waals surface area contributed by atoms with E-state index in [0.29, 0.717) is 6.04 Å². The third kappa shape index (κ3) is 2.58. The summed E-state index contributed by atoms with van der Waals surface area (Å²) < 4.78 is 0. The molecule has 0 radical (unpaired) electrons. The lowest BCUT2D eigenvalue weighted by molar-refractivity contribution is 0.481. The minimum atomic E-state index is 0.523. The van der Waals surface area contributed by atoms with Crippen LogP contribution >= 0.6 is 0 Å². The maximum absolute atomic E-state index is 4.78. The molecule has 19 heavy (non-hydrogen) atoms. The van der Waals surface area contributed by atoms with Gasteiger partial charge >= 0.3 is 0 Å². The van der Waals surface area contributed by atoms with E-state index in [1.807, 2.05) is 0 Å². The average Bonchev–Trinajstić information content (AvgIpc) is 2.93. The Morgan fingerprint density at radius 2 is 1.95 bits per heavy atom. The molecule has 1 unspecified atom stereocenters. The first kappa shape index (κ1) is 12.5. The second-order valence-electron chi connectivity index (χ2n) is 5.82. The summed E-state index contributed by atoms with van der Waals surface area (Å²) >= 11 is 0. The number of aryl methyl sites for hydroxylation is 1. The van der Waals surface area contributed by atoms with Crippen molar-refractivity contribution < 1.29 is 0 Å².